The van der Waals surface area contributed by atoms with E-state index in [0.717, 1.165) is 16.4 Å². The number of anilines is 1. The van der Waals surface area contributed by atoms with Gasteiger partial charge in [-0.1, -0.05) is 41.7 Å². The van der Waals surface area contributed by atoms with Gasteiger partial charge in [0.2, 0.25) is 0 Å². The highest BCUT2D eigenvalue weighted by Gasteiger charge is 2.22. The van der Waals surface area contributed by atoms with Crippen molar-refractivity contribution in [2.75, 3.05) is 32.1 Å². The van der Waals surface area contributed by atoms with E-state index in [-0.39, 0.29) is 12.5 Å². The number of rotatable bonds is 6. The number of aliphatic hydroxyl groups is 1. The Hall–Kier alpha value is -1.92. The van der Waals surface area contributed by atoms with Crippen LogP contribution in [0.15, 0.2) is 30.3 Å². The summed E-state index contributed by atoms with van der Waals surface area (Å²) in [5.74, 6) is -0.0824. The lowest BCUT2D eigenvalue weighted by Gasteiger charge is -2.21. The van der Waals surface area contributed by atoms with E-state index in [1.54, 1.807) is 4.90 Å². The lowest BCUT2D eigenvalue weighted by molar-refractivity contribution is 0.0711. The molecule has 0 saturated carbocycles. The largest absolute Gasteiger partial charge is 0.395 e. The Kier molecular flexibility index (Phi) is 5.51. The van der Waals surface area contributed by atoms with Crippen molar-refractivity contribution in [2.45, 2.75) is 13.5 Å². The maximum absolute atomic E-state index is 12.8. The van der Waals surface area contributed by atoms with Crippen LogP contribution in [0.2, 0.25) is 0 Å². The molecule has 0 fully saturated rings. The summed E-state index contributed by atoms with van der Waals surface area (Å²) in [5, 5.41) is 10.1. The fourth-order valence-electron chi connectivity index (χ4n) is 2.09. The minimum Gasteiger partial charge on any atom is -0.395 e. The van der Waals surface area contributed by atoms with Crippen LogP contribution in [0.25, 0.3) is 0 Å². The number of benzene rings is 1. The Labute approximate surface area is 134 Å². The van der Waals surface area contributed by atoms with Crippen molar-refractivity contribution in [2.24, 2.45) is 0 Å². The molecular weight excluding hydrogens is 298 g/mol. The quantitative estimate of drug-likeness (QED) is 0.886. The van der Waals surface area contributed by atoms with Crippen molar-refractivity contribution in [1.82, 2.24) is 9.88 Å². The van der Waals surface area contributed by atoms with Gasteiger partial charge in [-0.15, -0.1) is 0 Å². The lowest BCUT2D eigenvalue weighted by atomic mass is 10.2. The monoisotopic (exact) mass is 319 g/mol. The summed E-state index contributed by atoms with van der Waals surface area (Å²) >= 11 is 1.38. The van der Waals surface area contributed by atoms with Gasteiger partial charge in [-0.2, -0.15) is 0 Å². The van der Waals surface area contributed by atoms with Gasteiger partial charge in [0.25, 0.3) is 5.91 Å². The van der Waals surface area contributed by atoms with E-state index in [1.807, 2.05) is 56.3 Å². The summed E-state index contributed by atoms with van der Waals surface area (Å²) < 4.78 is 0. The standard InChI is InChI=1S/C16H21N3O2S/c1-12-14(22-16(17-12)18(2)3)15(21)19(9-10-20)11-13-7-5-4-6-8-13/h4-8,20H,9-11H2,1-3H3. The molecule has 1 aromatic carbocycles. The zero-order chi connectivity index (χ0) is 16.1. The van der Waals surface area contributed by atoms with Gasteiger partial charge in [-0.3, -0.25) is 4.79 Å². The summed E-state index contributed by atoms with van der Waals surface area (Å²) in [7, 11) is 3.81. The molecule has 0 bridgehead atoms. The molecule has 6 heteroatoms. The molecule has 0 saturated heterocycles. The van der Waals surface area contributed by atoms with Crippen molar-refractivity contribution < 1.29 is 9.90 Å². The van der Waals surface area contributed by atoms with E-state index in [2.05, 4.69) is 4.98 Å². The molecule has 0 spiro atoms. The Bertz CT molecular complexity index is 626. The average Bonchev–Trinajstić information content (AvgIpc) is 2.89. The number of amides is 1. The van der Waals surface area contributed by atoms with E-state index in [0.29, 0.717) is 18.0 Å². The van der Waals surface area contributed by atoms with Crippen LogP contribution in [-0.4, -0.2) is 48.1 Å². The molecule has 118 valence electrons. The first kappa shape index (κ1) is 16.5. The van der Waals surface area contributed by atoms with Crippen LogP contribution in [0.5, 0.6) is 0 Å². The third-order valence-corrected chi connectivity index (χ3v) is 4.55. The number of hydrogen-bond donors (Lipinski definition) is 1. The summed E-state index contributed by atoms with van der Waals surface area (Å²) in [6, 6.07) is 9.78. The topological polar surface area (TPSA) is 56.7 Å². The highest BCUT2D eigenvalue weighted by Crippen LogP contribution is 2.26. The van der Waals surface area contributed by atoms with E-state index in [1.165, 1.54) is 11.3 Å². The first-order valence-corrected chi connectivity index (χ1v) is 7.93. The molecule has 0 unspecified atom stereocenters. The number of aromatic nitrogens is 1. The predicted octanol–water partition coefficient (Wildman–Crippen LogP) is 2.15. The fraction of sp³-hybridized carbons (Fsp3) is 0.375. The van der Waals surface area contributed by atoms with Gasteiger partial charge in [-0.25, -0.2) is 4.98 Å². The molecule has 1 N–H and O–H groups in total. The number of thiazole rings is 1. The first-order chi connectivity index (χ1) is 10.5. The Morgan fingerprint density at radius 3 is 2.50 bits per heavy atom. The van der Waals surface area contributed by atoms with Gasteiger partial charge in [-0.05, 0) is 12.5 Å². The highest BCUT2D eigenvalue weighted by atomic mass is 32.1. The van der Waals surface area contributed by atoms with E-state index < -0.39 is 0 Å². The molecule has 1 amide bonds. The predicted molar refractivity (Wildman–Crippen MR) is 89.4 cm³/mol. The Balaban J connectivity index is 2.22. The molecule has 1 heterocycles. The van der Waals surface area contributed by atoms with Crippen LogP contribution < -0.4 is 4.90 Å². The number of nitrogens with zero attached hydrogens (tertiary/aromatic N) is 3. The molecule has 0 radical (unpaired) electrons. The second-order valence-corrected chi connectivity index (χ2v) is 6.22. The van der Waals surface area contributed by atoms with Gasteiger partial charge >= 0.3 is 0 Å². The number of carbonyl (C=O) groups is 1. The van der Waals surface area contributed by atoms with Gasteiger partial charge in [0.1, 0.15) is 4.88 Å². The molecule has 1 aromatic heterocycles. The zero-order valence-corrected chi connectivity index (χ0v) is 13.9. The molecule has 0 atom stereocenters. The number of carbonyl (C=O) groups excluding carboxylic acids is 1. The smallest absolute Gasteiger partial charge is 0.266 e. The van der Waals surface area contributed by atoms with Gasteiger partial charge < -0.3 is 14.9 Å². The first-order valence-electron chi connectivity index (χ1n) is 7.11. The molecular formula is C16H21N3O2S. The molecule has 2 aromatic rings. The second-order valence-electron chi connectivity index (χ2n) is 5.24. The summed E-state index contributed by atoms with van der Waals surface area (Å²) in [5.41, 5.74) is 1.77. The number of aryl methyl sites for hydroxylation is 1. The van der Waals surface area contributed by atoms with Crippen LogP contribution in [0, 0.1) is 6.92 Å². The number of hydrogen-bond acceptors (Lipinski definition) is 5. The summed E-state index contributed by atoms with van der Waals surface area (Å²) in [6.07, 6.45) is 0. The van der Waals surface area contributed by atoms with Crippen molar-refractivity contribution in [3.8, 4) is 0 Å². The maximum Gasteiger partial charge on any atom is 0.266 e. The van der Waals surface area contributed by atoms with E-state index >= 15 is 0 Å². The fourth-order valence-corrected chi connectivity index (χ4v) is 3.05. The summed E-state index contributed by atoms with van der Waals surface area (Å²) in [6.45, 7) is 2.57. The lowest BCUT2D eigenvalue weighted by Crippen LogP contribution is -2.33. The highest BCUT2D eigenvalue weighted by molar-refractivity contribution is 7.17. The van der Waals surface area contributed by atoms with Crippen LogP contribution in [0.3, 0.4) is 0 Å². The molecule has 5 nitrogen and oxygen atoms in total. The average molecular weight is 319 g/mol. The molecule has 2 rings (SSSR count). The zero-order valence-electron chi connectivity index (χ0n) is 13.1. The summed E-state index contributed by atoms with van der Waals surface area (Å²) in [4.78, 5) is 21.4. The van der Waals surface area contributed by atoms with Crippen molar-refractivity contribution in [3.05, 3.63) is 46.5 Å². The van der Waals surface area contributed by atoms with Gasteiger partial charge in [0.15, 0.2) is 5.13 Å². The van der Waals surface area contributed by atoms with Crippen LogP contribution >= 0.6 is 11.3 Å². The van der Waals surface area contributed by atoms with Crippen LogP contribution in [-0.2, 0) is 6.54 Å². The van der Waals surface area contributed by atoms with Crippen LogP contribution in [0.1, 0.15) is 20.9 Å². The third-order valence-electron chi connectivity index (χ3n) is 3.24. The Morgan fingerprint density at radius 1 is 1.27 bits per heavy atom. The molecule has 0 aliphatic heterocycles. The minimum atomic E-state index is -0.0824. The van der Waals surface area contributed by atoms with Crippen LogP contribution in [0.4, 0.5) is 5.13 Å². The van der Waals surface area contributed by atoms with E-state index in [4.69, 9.17) is 0 Å². The third kappa shape index (κ3) is 3.84. The van der Waals surface area contributed by atoms with E-state index in [9.17, 15) is 9.90 Å². The normalized spacial score (nSPS) is 10.5. The van der Waals surface area contributed by atoms with Crippen molar-refractivity contribution >= 4 is 22.4 Å². The van der Waals surface area contributed by atoms with Gasteiger partial charge in [0, 0.05) is 27.2 Å². The molecule has 0 aliphatic carbocycles. The van der Waals surface area contributed by atoms with Crippen molar-refractivity contribution in [1.29, 1.82) is 0 Å². The molecule has 22 heavy (non-hydrogen) atoms. The second kappa shape index (κ2) is 7.38. The SMILES string of the molecule is Cc1nc(N(C)C)sc1C(=O)N(CCO)Cc1ccccc1. The number of aliphatic hydroxyl groups excluding tert-OH is 1. The minimum absolute atomic E-state index is 0.0586. The van der Waals surface area contributed by atoms with Gasteiger partial charge in [0.05, 0.1) is 12.3 Å². The van der Waals surface area contributed by atoms with Crippen molar-refractivity contribution in [3.63, 3.8) is 0 Å². The molecule has 0 aliphatic rings. The maximum atomic E-state index is 12.8. The Morgan fingerprint density at radius 2 is 1.95 bits per heavy atom.